The van der Waals surface area contributed by atoms with E-state index in [9.17, 15) is 29.7 Å². The average Bonchev–Trinajstić information content (AvgIpc) is 2.92. The lowest BCUT2D eigenvalue weighted by Gasteiger charge is -2.61. The molecule has 7 atom stereocenters. The largest absolute Gasteiger partial charge is 0.481 e. The Hall–Kier alpha value is -1.73. The molecule has 0 spiro atoms. The molecule has 0 bridgehead atoms. The summed E-state index contributed by atoms with van der Waals surface area (Å²) in [5.74, 6) is -3.21. The van der Waals surface area contributed by atoms with Gasteiger partial charge in [-0.3, -0.25) is 14.4 Å². The van der Waals surface area contributed by atoms with E-state index in [0.29, 0.717) is 32.1 Å². The van der Waals surface area contributed by atoms with E-state index in [4.69, 9.17) is 5.11 Å². The van der Waals surface area contributed by atoms with Gasteiger partial charge in [0, 0.05) is 30.1 Å². The highest BCUT2D eigenvalue weighted by Crippen LogP contribution is 2.68. The minimum atomic E-state index is -1.36. The van der Waals surface area contributed by atoms with Crippen LogP contribution in [0.4, 0.5) is 0 Å². The Labute approximate surface area is 176 Å². The van der Waals surface area contributed by atoms with Crippen LogP contribution >= 0.6 is 0 Å². The third kappa shape index (κ3) is 2.74. The van der Waals surface area contributed by atoms with Crippen LogP contribution in [0, 0.1) is 28.6 Å². The number of aliphatic hydroxyl groups is 2. The molecule has 7 nitrogen and oxygen atoms in total. The van der Waals surface area contributed by atoms with Gasteiger partial charge >= 0.3 is 11.9 Å². The van der Waals surface area contributed by atoms with Gasteiger partial charge in [0.15, 0.2) is 0 Å². The summed E-state index contributed by atoms with van der Waals surface area (Å²) in [4.78, 5) is 35.6. The van der Waals surface area contributed by atoms with Crippen molar-refractivity contribution in [1.82, 2.24) is 0 Å². The number of carbonyl (C=O) groups is 3. The summed E-state index contributed by atoms with van der Waals surface area (Å²) >= 11 is 0. The molecule has 4 rings (SSSR count). The van der Waals surface area contributed by atoms with Crippen LogP contribution in [-0.2, 0) is 14.4 Å². The van der Waals surface area contributed by atoms with Crippen LogP contribution in [0.3, 0.4) is 0 Å². The number of carbonyl (C=O) groups excluding carboxylic acids is 1. The van der Waals surface area contributed by atoms with E-state index >= 15 is 0 Å². The van der Waals surface area contributed by atoms with Crippen LogP contribution < -0.4 is 0 Å². The fraction of sp³-hybridized carbons (Fsp3) is 0.783. The molecular weight excluding hydrogens is 388 g/mol. The van der Waals surface area contributed by atoms with Gasteiger partial charge in [-0.2, -0.15) is 0 Å². The second-order valence-electron chi connectivity index (χ2n) is 10.6. The van der Waals surface area contributed by atoms with Crippen LogP contribution in [-0.4, -0.2) is 49.4 Å². The molecule has 0 aliphatic heterocycles. The highest BCUT2D eigenvalue weighted by Gasteiger charge is 2.67. The van der Waals surface area contributed by atoms with E-state index in [0.717, 1.165) is 5.57 Å². The summed E-state index contributed by atoms with van der Waals surface area (Å²) in [5, 5.41) is 42.2. The molecule has 0 radical (unpaired) electrons. The summed E-state index contributed by atoms with van der Waals surface area (Å²) in [6.07, 6.45) is 4.54. The monoisotopic (exact) mass is 420 g/mol. The van der Waals surface area contributed by atoms with Gasteiger partial charge in [-0.15, -0.1) is 0 Å². The molecule has 4 aliphatic rings. The number of hydrogen-bond donors (Lipinski definition) is 4. The zero-order valence-corrected chi connectivity index (χ0v) is 17.7. The van der Waals surface area contributed by atoms with Crippen LogP contribution in [0.15, 0.2) is 11.6 Å². The highest BCUT2D eigenvalue weighted by molar-refractivity contribution is 5.82. The number of ketones is 1. The standard InChI is InChI=1S/C23H32O7/c1-20-8-4-15-18(16(20)5-9-22(20,29)10-6-17(25)26)14(19(27)28)12-23(30)11-13(24)3-7-21(15,23)2/h4,14,16,18,29-30H,3,5-12H2,1-2H3,(H,25,26)(H,27,28)/t14-,16+,18-,20+,21-,22-,23+/m1/s1. The van der Waals surface area contributed by atoms with Crippen molar-refractivity contribution in [2.75, 3.05) is 0 Å². The number of carboxylic acid groups (broad SMARTS) is 2. The molecule has 0 aromatic heterocycles. The zero-order valence-electron chi connectivity index (χ0n) is 17.7. The van der Waals surface area contributed by atoms with Gasteiger partial charge in [0.2, 0.25) is 0 Å². The van der Waals surface area contributed by atoms with Crippen molar-refractivity contribution in [3.63, 3.8) is 0 Å². The third-order valence-corrected chi connectivity index (χ3v) is 9.41. The second-order valence-corrected chi connectivity index (χ2v) is 10.6. The number of carboxylic acids is 2. The van der Waals surface area contributed by atoms with Crippen LogP contribution in [0.2, 0.25) is 0 Å². The first-order chi connectivity index (χ1) is 13.9. The Bertz CT molecular complexity index is 833. The fourth-order valence-corrected chi connectivity index (χ4v) is 7.42. The summed E-state index contributed by atoms with van der Waals surface area (Å²) in [6, 6.07) is 0. The van der Waals surface area contributed by atoms with Crippen molar-refractivity contribution >= 4 is 17.7 Å². The van der Waals surface area contributed by atoms with Crippen molar-refractivity contribution in [2.24, 2.45) is 28.6 Å². The first-order valence-electron chi connectivity index (χ1n) is 11.0. The predicted octanol–water partition coefficient (Wildman–Crippen LogP) is 2.54. The molecule has 0 aromatic carbocycles. The summed E-state index contributed by atoms with van der Waals surface area (Å²) in [6.45, 7) is 3.93. The average molecular weight is 421 g/mol. The summed E-state index contributed by atoms with van der Waals surface area (Å²) in [7, 11) is 0. The molecule has 0 amide bonds. The number of Topliss-reactive ketones (excluding diaryl/α,β-unsaturated/α-hetero) is 1. The van der Waals surface area contributed by atoms with E-state index in [-0.39, 0.29) is 43.3 Å². The molecule has 0 saturated heterocycles. The van der Waals surface area contributed by atoms with Gasteiger partial charge in [-0.05, 0) is 50.4 Å². The third-order valence-electron chi connectivity index (χ3n) is 9.41. The minimum absolute atomic E-state index is 0.0121. The zero-order chi connectivity index (χ0) is 22.1. The Kier molecular flexibility index (Phi) is 4.75. The Morgan fingerprint density at radius 2 is 1.87 bits per heavy atom. The summed E-state index contributed by atoms with van der Waals surface area (Å²) in [5.41, 5.74) is -2.85. The normalized spacial score (nSPS) is 47.7. The smallest absolute Gasteiger partial charge is 0.307 e. The van der Waals surface area contributed by atoms with Crippen LogP contribution in [0.25, 0.3) is 0 Å². The molecule has 4 N–H and O–H groups in total. The lowest BCUT2D eigenvalue weighted by molar-refractivity contribution is -0.176. The van der Waals surface area contributed by atoms with E-state index in [1.54, 1.807) is 0 Å². The SMILES string of the molecule is C[C@]12CC=C3[C@@H]([C@H](C(=O)O)C[C@@]4(O)CC(=O)CC[C@]34C)[C@@H]1CC[C@@]2(O)CCC(=O)O. The number of hydrogen-bond acceptors (Lipinski definition) is 5. The molecule has 3 saturated carbocycles. The van der Waals surface area contributed by atoms with Crippen molar-refractivity contribution in [3.05, 3.63) is 11.6 Å². The Morgan fingerprint density at radius 3 is 2.50 bits per heavy atom. The van der Waals surface area contributed by atoms with Gasteiger partial charge in [0.05, 0.1) is 17.1 Å². The van der Waals surface area contributed by atoms with Gasteiger partial charge < -0.3 is 20.4 Å². The van der Waals surface area contributed by atoms with Gasteiger partial charge in [-0.1, -0.05) is 25.5 Å². The van der Waals surface area contributed by atoms with Crippen molar-refractivity contribution < 1.29 is 34.8 Å². The molecule has 4 aliphatic carbocycles. The lowest BCUT2D eigenvalue weighted by Crippen LogP contribution is -2.62. The van der Waals surface area contributed by atoms with E-state index in [1.165, 1.54) is 0 Å². The first-order valence-corrected chi connectivity index (χ1v) is 11.0. The van der Waals surface area contributed by atoms with Gasteiger partial charge in [0.25, 0.3) is 0 Å². The maximum Gasteiger partial charge on any atom is 0.307 e. The topological polar surface area (TPSA) is 132 Å². The minimum Gasteiger partial charge on any atom is -0.481 e. The maximum atomic E-state index is 12.3. The van der Waals surface area contributed by atoms with Crippen molar-refractivity contribution in [1.29, 1.82) is 0 Å². The van der Waals surface area contributed by atoms with Crippen molar-refractivity contribution in [2.45, 2.75) is 82.8 Å². The number of allylic oxidation sites excluding steroid dienone is 1. The molecular formula is C23H32O7. The first kappa shape index (κ1) is 21.5. The lowest BCUT2D eigenvalue weighted by atomic mass is 9.44. The Balaban J connectivity index is 1.78. The molecule has 166 valence electrons. The molecule has 30 heavy (non-hydrogen) atoms. The molecule has 3 fully saturated rings. The number of fused-ring (bicyclic) bond motifs is 5. The quantitative estimate of drug-likeness (QED) is 0.514. The molecule has 7 heteroatoms. The molecule has 0 unspecified atom stereocenters. The van der Waals surface area contributed by atoms with E-state index < -0.39 is 39.9 Å². The second kappa shape index (κ2) is 6.63. The van der Waals surface area contributed by atoms with Crippen LogP contribution in [0.1, 0.15) is 71.6 Å². The molecule has 0 heterocycles. The van der Waals surface area contributed by atoms with Gasteiger partial charge in [-0.25, -0.2) is 0 Å². The van der Waals surface area contributed by atoms with E-state index in [2.05, 4.69) is 0 Å². The molecule has 0 aromatic rings. The highest BCUT2D eigenvalue weighted by atomic mass is 16.4. The van der Waals surface area contributed by atoms with Crippen molar-refractivity contribution in [3.8, 4) is 0 Å². The maximum absolute atomic E-state index is 12.3. The summed E-state index contributed by atoms with van der Waals surface area (Å²) < 4.78 is 0. The number of rotatable bonds is 4. The number of aliphatic carboxylic acids is 2. The predicted molar refractivity (Wildman–Crippen MR) is 106 cm³/mol. The van der Waals surface area contributed by atoms with E-state index in [1.807, 2.05) is 19.9 Å². The van der Waals surface area contributed by atoms with Gasteiger partial charge in [0.1, 0.15) is 5.78 Å². The fourth-order valence-electron chi connectivity index (χ4n) is 7.42. The Morgan fingerprint density at radius 1 is 1.17 bits per heavy atom. The van der Waals surface area contributed by atoms with Crippen LogP contribution in [0.5, 0.6) is 0 Å².